The lowest BCUT2D eigenvalue weighted by molar-refractivity contribution is 0.0963. The molecule has 2 aromatic heterocycles. The summed E-state index contributed by atoms with van der Waals surface area (Å²) in [5, 5.41) is 2.74. The zero-order valence-corrected chi connectivity index (χ0v) is 19.0. The number of aryl methyl sites for hydroxylation is 1. The van der Waals surface area contributed by atoms with E-state index in [1.807, 2.05) is 0 Å². The summed E-state index contributed by atoms with van der Waals surface area (Å²) in [6.45, 7) is 1.73. The molecule has 0 atom stereocenters. The van der Waals surface area contributed by atoms with Gasteiger partial charge in [0, 0.05) is 29.9 Å². The van der Waals surface area contributed by atoms with Crippen molar-refractivity contribution in [1.29, 1.82) is 0 Å². The SMILES string of the molecule is CNC(=O)c1ccc(-c2nc(N)nc(C)c2-c2cnc(Cl)c(NS(C)(=O)=O)c2)cc1Cl. The molecular formula is C19H18Cl2N6O3S. The van der Waals surface area contributed by atoms with Crippen LogP contribution in [0.15, 0.2) is 30.5 Å². The largest absolute Gasteiger partial charge is 0.368 e. The van der Waals surface area contributed by atoms with Gasteiger partial charge in [-0.25, -0.2) is 23.4 Å². The van der Waals surface area contributed by atoms with Gasteiger partial charge in [-0.1, -0.05) is 29.3 Å². The molecule has 0 spiro atoms. The van der Waals surface area contributed by atoms with Crippen LogP contribution in [0, 0.1) is 6.92 Å². The number of rotatable bonds is 5. The van der Waals surface area contributed by atoms with Gasteiger partial charge in [0.25, 0.3) is 5.91 Å². The number of anilines is 2. The Labute approximate surface area is 189 Å². The fourth-order valence-corrected chi connectivity index (χ4v) is 4.01. The van der Waals surface area contributed by atoms with Crippen molar-refractivity contribution >= 4 is 50.8 Å². The zero-order valence-electron chi connectivity index (χ0n) is 16.7. The minimum absolute atomic E-state index is 0.0114. The summed E-state index contributed by atoms with van der Waals surface area (Å²) in [5.74, 6) is -0.285. The fourth-order valence-electron chi connectivity index (χ4n) is 2.99. The van der Waals surface area contributed by atoms with Gasteiger partial charge in [-0.2, -0.15) is 0 Å². The molecule has 0 aliphatic rings. The maximum absolute atomic E-state index is 11.9. The summed E-state index contributed by atoms with van der Waals surface area (Å²) < 4.78 is 25.7. The number of halogens is 2. The Kier molecular flexibility index (Phi) is 6.35. The van der Waals surface area contributed by atoms with E-state index < -0.39 is 10.0 Å². The molecule has 4 N–H and O–H groups in total. The third kappa shape index (κ3) is 5.04. The van der Waals surface area contributed by atoms with Crippen LogP contribution in [0.4, 0.5) is 11.6 Å². The maximum Gasteiger partial charge on any atom is 0.252 e. The van der Waals surface area contributed by atoms with Gasteiger partial charge in [0.15, 0.2) is 5.15 Å². The lowest BCUT2D eigenvalue weighted by Crippen LogP contribution is -2.18. The van der Waals surface area contributed by atoms with Crippen molar-refractivity contribution in [3.05, 3.63) is 51.9 Å². The number of carbonyl (C=O) groups is 1. The Morgan fingerprint density at radius 3 is 2.45 bits per heavy atom. The molecule has 9 nitrogen and oxygen atoms in total. The third-order valence-corrected chi connectivity index (χ3v) is 5.45. The third-order valence-electron chi connectivity index (χ3n) is 4.24. The predicted octanol–water partition coefficient (Wildman–Crippen LogP) is 3.13. The van der Waals surface area contributed by atoms with E-state index in [2.05, 4.69) is 25.0 Å². The molecule has 0 saturated carbocycles. The van der Waals surface area contributed by atoms with Crippen LogP contribution in [0.1, 0.15) is 16.1 Å². The number of hydrogen-bond donors (Lipinski definition) is 3. The van der Waals surface area contributed by atoms with Crippen molar-refractivity contribution in [2.24, 2.45) is 0 Å². The Morgan fingerprint density at radius 2 is 1.84 bits per heavy atom. The number of sulfonamides is 1. The van der Waals surface area contributed by atoms with Gasteiger partial charge >= 0.3 is 0 Å². The van der Waals surface area contributed by atoms with Crippen molar-refractivity contribution in [3.63, 3.8) is 0 Å². The summed E-state index contributed by atoms with van der Waals surface area (Å²) in [6.07, 6.45) is 2.48. The van der Waals surface area contributed by atoms with Crippen LogP contribution in [0.25, 0.3) is 22.4 Å². The van der Waals surface area contributed by atoms with E-state index in [1.165, 1.54) is 19.3 Å². The Balaban J connectivity index is 2.22. The van der Waals surface area contributed by atoms with E-state index in [4.69, 9.17) is 28.9 Å². The van der Waals surface area contributed by atoms with E-state index in [9.17, 15) is 13.2 Å². The Hall–Kier alpha value is -2.95. The second-order valence-corrected chi connectivity index (χ2v) is 9.11. The van der Waals surface area contributed by atoms with Crippen LogP contribution >= 0.6 is 23.2 Å². The number of amides is 1. The molecule has 162 valence electrons. The van der Waals surface area contributed by atoms with E-state index in [1.54, 1.807) is 25.1 Å². The van der Waals surface area contributed by atoms with E-state index in [0.29, 0.717) is 33.6 Å². The summed E-state index contributed by atoms with van der Waals surface area (Å²) in [5.41, 5.74) is 8.90. The number of pyridine rings is 1. The van der Waals surface area contributed by atoms with Gasteiger partial charge < -0.3 is 11.1 Å². The summed E-state index contributed by atoms with van der Waals surface area (Å²) in [7, 11) is -2.07. The molecule has 3 rings (SSSR count). The highest BCUT2D eigenvalue weighted by Gasteiger charge is 2.19. The number of nitrogen functional groups attached to an aromatic ring is 1. The smallest absolute Gasteiger partial charge is 0.252 e. The number of benzene rings is 1. The molecule has 0 saturated heterocycles. The first-order valence-electron chi connectivity index (χ1n) is 8.80. The molecule has 0 fully saturated rings. The molecule has 3 aromatic rings. The van der Waals surface area contributed by atoms with Gasteiger partial charge in [-0.3, -0.25) is 9.52 Å². The zero-order chi connectivity index (χ0) is 22.9. The van der Waals surface area contributed by atoms with Crippen molar-refractivity contribution < 1.29 is 13.2 Å². The molecule has 1 aromatic carbocycles. The van der Waals surface area contributed by atoms with Crippen molar-refractivity contribution in [2.45, 2.75) is 6.92 Å². The number of aromatic nitrogens is 3. The highest BCUT2D eigenvalue weighted by Crippen LogP contribution is 2.36. The van der Waals surface area contributed by atoms with Gasteiger partial charge in [0.2, 0.25) is 16.0 Å². The van der Waals surface area contributed by atoms with Crippen LogP contribution in [0.2, 0.25) is 10.2 Å². The minimum Gasteiger partial charge on any atom is -0.368 e. The molecular weight excluding hydrogens is 463 g/mol. The van der Waals surface area contributed by atoms with Crippen LogP contribution in [-0.4, -0.2) is 42.6 Å². The normalized spacial score (nSPS) is 11.3. The van der Waals surface area contributed by atoms with Crippen LogP contribution in [0.5, 0.6) is 0 Å². The molecule has 2 heterocycles. The number of nitrogens with zero attached hydrogens (tertiary/aromatic N) is 3. The molecule has 31 heavy (non-hydrogen) atoms. The van der Waals surface area contributed by atoms with Crippen molar-refractivity contribution in [1.82, 2.24) is 20.3 Å². The first-order valence-corrected chi connectivity index (χ1v) is 11.4. The van der Waals surface area contributed by atoms with Gasteiger partial charge in [-0.15, -0.1) is 0 Å². The first kappa shape index (κ1) is 22.7. The summed E-state index contributed by atoms with van der Waals surface area (Å²) in [6, 6.07) is 6.38. The second-order valence-electron chi connectivity index (χ2n) is 6.60. The van der Waals surface area contributed by atoms with Crippen molar-refractivity contribution in [3.8, 4) is 22.4 Å². The fraction of sp³-hybridized carbons (Fsp3) is 0.158. The van der Waals surface area contributed by atoms with Crippen LogP contribution < -0.4 is 15.8 Å². The number of nitrogens with two attached hydrogens (primary N) is 1. The van der Waals surface area contributed by atoms with Gasteiger partial charge in [0.05, 0.1) is 33.9 Å². The quantitative estimate of drug-likeness (QED) is 0.476. The molecule has 1 amide bonds. The van der Waals surface area contributed by atoms with Gasteiger partial charge in [0.1, 0.15) is 0 Å². The lowest BCUT2D eigenvalue weighted by atomic mass is 9.98. The summed E-state index contributed by atoms with van der Waals surface area (Å²) in [4.78, 5) is 24.6. The maximum atomic E-state index is 11.9. The van der Waals surface area contributed by atoms with E-state index in [0.717, 1.165) is 6.26 Å². The number of hydrogen-bond acceptors (Lipinski definition) is 7. The average Bonchev–Trinajstić information content (AvgIpc) is 2.67. The van der Waals surface area contributed by atoms with E-state index >= 15 is 0 Å². The molecule has 0 bridgehead atoms. The Morgan fingerprint density at radius 1 is 1.13 bits per heavy atom. The lowest BCUT2D eigenvalue weighted by Gasteiger charge is -2.15. The van der Waals surface area contributed by atoms with Gasteiger partial charge in [-0.05, 0) is 25.1 Å². The monoisotopic (exact) mass is 480 g/mol. The highest BCUT2D eigenvalue weighted by atomic mass is 35.5. The van der Waals surface area contributed by atoms with E-state index in [-0.39, 0.29) is 27.7 Å². The first-order chi connectivity index (χ1) is 14.5. The standard InChI is InChI=1S/C19H18Cl2N6O3S/c1-9-15(11-7-14(17(21)24-8-11)27-31(3,29)30)16(26-19(22)25-9)10-4-5-12(13(20)6-10)18(28)23-2/h4-8,27H,1-3H3,(H,23,28)(H2,22,25,26). The van der Waals surface area contributed by atoms with Crippen molar-refractivity contribution in [2.75, 3.05) is 23.8 Å². The van der Waals surface area contributed by atoms with Crippen LogP contribution in [0.3, 0.4) is 0 Å². The molecule has 0 radical (unpaired) electrons. The predicted molar refractivity (Wildman–Crippen MR) is 122 cm³/mol. The summed E-state index contributed by atoms with van der Waals surface area (Å²) >= 11 is 12.4. The topological polar surface area (TPSA) is 140 Å². The van der Waals surface area contributed by atoms with Crippen LogP contribution in [-0.2, 0) is 10.0 Å². The Bertz CT molecular complexity index is 1300. The molecule has 0 unspecified atom stereocenters. The average molecular weight is 481 g/mol. The molecule has 0 aliphatic carbocycles. The highest BCUT2D eigenvalue weighted by molar-refractivity contribution is 7.92. The second kappa shape index (κ2) is 8.66. The number of carbonyl (C=O) groups excluding carboxylic acids is 1. The number of nitrogens with one attached hydrogen (secondary N) is 2. The minimum atomic E-state index is -3.58. The molecule has 0 aliphatic heterocycles. The molecule has 12 heteroatoms.